The fourth-order valence-corrected chi connectivity index (χ4v) is 4.94. The molecule has 5 heteroatoms. The Kier molecular flexibility index (Phi) is 4.96. The zero-order valence-corrected chi connectivity index (χ0v) is 16.9. The van der Waals surface area contributed by atoms with Crippen molar-refractivity contribution < 1.29 is 4.79 Å². The van der Waals surface area contributed by atoms with Crippen LogP contribution in [-0.2, 0) is 4.79 Å². The molecular formula is C22H25N3OS. The largest absolute Gasteiger partial charge is 0.346 e. The molecule has 0 bridgehead atoms. The summed E-state index contributed by atoms with van der Waals surface area (Å²) >= 11 is 1.41. The van der Waals surface area contributed by atoms with Crippen LogP contribution in [0.4, 0.5) is 5.69 Å². The maximum Gasteiger partial charge on any atom is 0.264 e. The minimum atomic E-state index is -0.0722. The van der Waals surface area contributed by atoms with Crippen molar-refractivity contribution in [3.05, 3.63) is 57.8 Å². The Bertz CT molecular complexity index is 948. The molecule has 1 aliphatic heterocycles. The van der Waals surface area contributed by atoms with E-state index in [1.165, 1.54) is 48.8 Å². The van der Waals surface area contributed by atoms with Gasteiger partial charge in [-0.1, -0.05) is 25.0 Å². The number of carbonyl (C=O) groups excluding carboxylic acids is 1. The fourth-order valence-electron chi connectivity index (χ4n) is 4.11. The lowest BCUT2D eigenvalue weighted by molar-refractivity contribution is -0.115. The van der Waals surface area contributed by atoms with Crippen LogP contribution < -0.4 is 5.32 Å². The van der Waals surface area contributed by atoms with Gasteiger partial charge in [-0.05, 0) is 80.8 Å². The van der Waals surface area contributed by atoms with Crippen LogP contribution in [0.15, 0.2) is 40.2 Å². The zero-order chi connectivity index (χ0) is 19.0. The van der Waals surface area contributed by atoms with Gasteiger partial charge in [0.15, 0.2) is 5.17 Å². The number of aliphatic imine (C=N–C) groups is 1. The van der Waals surface area contributed by atoms with E-state index in [0.29, 0.717) is 16.1 Å². The predicted molar refractivity (Wildman–Crippen MR) is 113 cm³/mol. The first-order valence-electron chi connectivity index (χ1n) is 9.56. The molecule has 4 rings (SSSR count). The number of nitrogens with zero attached hydrogens (tertiary/aromatic N) is 2. The molecule has 2 heterocycles. The highest BCUT2D eigenvalue weighted by molar-refractivity contribution is 8.18. The van der Waals surface area contributed by atoms with Crippen molar-refractivity contribution in [1.29, 1.82) is 0 Å². The second kappa shape index (κ2) is 7.39. The van der Waals surface area contributed by atoms with Crippen LogP contribution in [-0.4, -0.2) is 15.6 Å². The average molecular weight is 380 g/mol. The molecule has 0 radical (unpaired) electrons. The highest BCUT2D eigenvalue weighted by Gasteiger charge is 2.25. The van der Waals surface area contributed by atoms with Gasteiger partial charge < -0.3 is 9.88 Å². The van der Waals surface area contributed by atoms with E-state index in [-0.39, 0.29) is 5.91 Å². The standard InChI is InChI=1S/C22H25N3OS/c1-14-7-6-8-18(11-14)23-22-24-21(26)20(27-22)13-17-12-15(2)25(16(17)3)19-9-4-5-10-19/h6-8,11-13,19H,4-5,9-10H2,1-3H3,(H,23,24,26)/b20-13-. The van der Waals surface area contributed by atoms with Gasteiger partial charge >= 0.3 is 0 Å². The van der Waals surface area contributed by atoms with Crippen molar-refractivity contribution in [2.45, 2.75) is 52.5 Å². The number of benzene rings is 1. The summed E-state index contributed by atoms with van der Waals surface area (Å²) in [7, 11) is 0. The maximum atomic E-state index is 12.4. The number of amides is 1. The first kappa shape index (κ1) is 18.1. The maximum absolute atomic E-state index is 12.4. The van der Waals surface area contributed by atoms with Crippen LogP contribution in [0.2, 0.25) is 0 Å². The van der Waals surface area contributed by atoms with Crippen molar-refractivity contribution in [2.24, 2.45) is 4.99 Å². The number of hydrogen-bond acceptors (Lipinski definition) is 3. The Morgan fingerprint density at radius 3 is 2.70 bits per heavy atom. The van der Waals surface area contributed by atoms with Crippen molar-refractivity contribution in [1.82, 2.24) is 9.88 Å². The summed E-state index contributed by atoms with van der Waals surface area (Å²) in [6.07, 6.45) is 7.15. The third-order valence-electron chi connectivity index (χ3n) is 5.38. The smallest absolute Gasteiger partial charge is 0.264 e. The Labute approximate surface area is 164 Å². The number of thioether (sulfide) groups is 1. The highest BCUT2D eigenvalue weighted by atomic mass is 32.2. The van der Waals surface area contributed by atoms with Gasteiger partial charge in [0.25, 0.3) is 5.91 Å². The molecule has 2 fully saturated rings. The highest BCUT2D eigenvalue weighted by Crippen LogP contribution is 2.35. The first-order valence-corrected chi connectivity index (χ1v) is 10.4. The molecule has 1 aliphatic carbocycles. The van der Waals surface area contributed by atoms with Crippen LogP contribution >= 0.6 is 11.8 Å². The van der Waals surface area contributed by atoms with Crippen LogP contribution in [0, 0.1) is 20.8 Å². The van der Waals surface area contributed by atoms with E-state index in [1.807, 2.05) is 37.3 Å². The van der Waals surface area contributed by atoms with Crippen LogP contribution in [0.3, 0.4) is 0 Å². The molecule has 1 N–H and O–H groups in total. The summed E-state index contributed by atoms with van der Waals surface area (Å²) in [4.78, 5) is 17.7. The summed E-state index contributed by atoms with van der Waals surface area (Å²) < 4.78 is 2.46. The number of aryl methyl sites for hydroxylation is 2. The molecule has 27 heavy (non-hydrogen) atoms. The van der Waals surface area contributed by atoms with E-state index in [9.17, 15) is 4.79 Å². The molecule has 4 nitrogen and oxygen atoms in total. The summed E-state index contributed by atoms with van der Waals surface area (Å²) in [6, 6.07) is 10.8. The average Bonchev–Trinajstić information content (AvgIpc) is 3.30. The summed E-state index contributed by atoms with van der Waals surface area (Å²) in [5.74, 6) is -0.0722. The lowest BCUT2D eigenvalue weighted by atomic mass is 10.2. The summed E-state index contributed by atoms with van der Waals surface area (Å²) in [6.45, 7) is 6.37. The Balaban J connectivity index is 1.59. The van der Waals surface area contributed by atoms with E-state index in [4.69, 9.17) is 0 Å². The van der Waals surface area contributed by atoms with Gasteiger partial charge in [-0.25, -0.2) is 4.99 Å². The number of nitrogens with one attached hydrogen (secondary N) is 1. The molecule has 1 aromatic heterocycles. The first-order chi connectivity index (χ1) is 13.0. The van der Waals surface area contributed by atoms with Crippen molar-refractivity contribution >= 4 is 34.6 Å². The van der Waals surface area contributed by atoms with Crippen LogP contribution in [0.25, 0.3) is 6.08 Å². The van der Waals surface area contributed by atoms with Gasteiger partial charge in [0.05, 0.1) is 10.6 Å². The van der Waals surface area contributed by atoms with E-state index in [1.54, 1.807) is 0 Å². The number of hydrogen-bond donors (Lipinski definition) is 1. The molecule has 1 amide bonds. The molecule has 140 valence electrons. The summed E-state index contributed by atoms with van der Waals surface area (Å²) in [5.41, 5.74) is 5.68. The van der Waals surface area contributed by atoms with E-state index < -0.39 is 0 Å². The molecule has 0 unspecified atom stereocenters. The molecular weight excluding hydrogens is 354 g/mol. The topological polar surface area (TPSA) is 46.4 Å². The van der Waals surface area contributed by atoms with Gasteiger partial charge in [0.2, 0.25) is 0 Å². The molecule has 1 saturated carbocycles. The third-order valence-corrected chi connectivity index (χ3v) is 6.29. The van der Waals surface area contributed by atoms with E-state index in [0.717, 1.165) is 16.8 Å². The van der Waals surface area contributed by atoms with Crippen LogP contribution in [0.5, 0.6) is 0 Å². The predicted octanol–water partition coefficient (Wildman–Crippen LogP) is 5.42. The molecule has 2 aromatic rings. The normalized spacial score (nSPS) is 20.8. The molecule has 0 spiro atoms. The molecule has 1 aromatic carbocycles. The van der Waals surface area contributed by atoms with Gasteiger partial charge in [0.1, 0.15) is 0 Å². The van der Waals surface area contributed by atoms with Gasteiger partial charge in [0, 0.05) is 17.4 Å². The quantitative estimate of drug-likeness (QED) is 0.724. The van der Waals surface area contributed by atoms with E-state index >= 15 is 0 Å². The fraction of sp³-hybridized carbons (Fsp3) is 0.364. The van der Waals surface area contributed by atoms with Gasteiger partial charge in [-0.15, -0.1) is 0 Å². The minimum Gasteiger partial charge on any atom is -0.346 e. The van der Waals surface area contributed by atoms with Crippen LogP contribution in [0.1, 0.15) is 54.2 Å². The minimum absolute atomic E-state index is 0.0722. The third kappa shape index (κ3) is 3.74. The second-order valence-electron chi connectivity index (χ2n) is 7.46. The Morgan fingerprint density at radius 2 is 1.96 bits per heavy atom. The lowest BCUT2D eigenvalue weighted by Crippen LogP contribution is -2.19. The lowest BCUT2D eigenvalue weighted by Gasteiger charge is -2.17. The van der Waals surface area contributed by atoms with Crippen molar-refractivity contribution in [3.8, 4) is 0 Å². The Hall–Kier alpha value is -2.27. The second-order valence-corrected chi connectivity index (χ2v) is 8.49. The SMILES string of the molecule is Cc1cccc(N=C2NC(=O)/C(=C/c3cc(C)n(C4CCCC4)c3C)S2)c1. The van der Waals surface area contributed by atoms with E-state index in [2.05, 4.69) is 34.8 Å². The number of carbonyl (C=O) groups is 1. The van der Waals surface area contributed by atoms with Crippen molar-refractivity contribution in [2.75, 3.05) is 0 Å². The van der Waals surface area contributed by atoms with Crippen molar-refractivity contribution in [3.63, 3.8) is 0 Å². The Morgan fingerprint density at radius 1 is 1.19 bits per heavy atom. The zero-order valence-electron chi connectivity index (χ0n) is 16.1. The van der Waals surface area contributed by atoms with Gasteiger partial charge in [-0.2, -0.15) is 0 Å². The molecule has 1 saturated heterocycles. The number of amidine groups is 1. The molecule has 2 aliphatic rings. The van der Waals surface area contributed by atoms with Gasteiger partial charge in [-0.3, -0.25) is 4.79 Å². The summed E-state index contributed by atoms with van der Waals surface area (Å²) in [5, 5.41) is 3.53. The molecule has 0 atom stereocenters. The number of aromatic nitrogens is 1. The number of rotatable bonds is 3. The monoisotopic (exact) mass is 379 g/mol.